The summed E-state index contributed by atoms with van der Waals surface area (Å²) in [5.74, 6) is -5.39. The number of aliphatic hydroxyl groups is 1. The van der Waals surface area contributed by atoms with Crippen molar-refractivity contribution in [3.05, 3.63) is 29.8 Å². The summed E-state index contributed by atoms with van der Waals surface area (Å²) in [7, 11) is 0. The summed E-state index contributed by atoms with van der Waals surface area (Å²) in [6.45, 7) is 4.57. The molecule has 36 heavy (non-hydrogen) atoms. The largest absolute Gasteiger partial charge is 0.508 e. The van der Waals surface area contributed by atoms with Gasteiger partial charge in [-0.15, -0.1) is 0 Å². The van der Waals surface area contributed by atoms with E-state index in [9.17, 15) is 39.3 Å². The Bertz CT molecular complexity index is 937. The Morgan fingerprint density at radius 3 is 1.94 bits per heavy atom. The van der Waals surface area contributed by atoms with E-state index in [1.54, 1.807) is 26.0 Å². The molecule has 0 bridgehead atoms. The monoisotopic (exact) mass is 509 g/mol. The Hall–Kier alpha value is -3.71. The van der Waals surface area contributed by atoms with Crippen LogP contribution in [0.3, 0.4) is 0 Å². The van der Waals surface area contributed by atoms with Crippen molar-refractivity contribution in [3.63, 3.8) is 0 Å². The van der Waals surface area contributed by atoms with Crippen LogP contribution in [0, 0.1) is 5.92 Å². The van der Waals surface area contributed by atoms with Crippen LogP contribution < -0.4 is 27.4 Å². The minimum absolute atomic E-state index is 0.0380. The summed E-state index contributed by atoms with van der Waals surface area (Å²) >= 11 is 0. The van der Waals surface area contributed by atoms with Gasteiger partial charge >= 0.3 is 5.97 Å². The van der Waals surface area contributed by atoms with Crippen molar-refractivity contribution in [1.29, 1.82) is 0 Å². The number of carboxylic acids is 1. The van der Waals surface area contributed by atoms with Gasteiger partial charge < -0.3 is 42.7 Å². The average molecular weight is 510 g/mol. The van der Waals surface area contributed by atoms with E-state index >= 15 is 0 Å². The number of hydrogen-bond acceptors (Lipinski definition) is 8. The fraction of sp³-hybridized carbons (Fsp3) is 0.522. The molecular weight excluding hydrogens is 474 g/mol. The van der Waals surface area contributed by atoms with Crippen LogP contribution in [0.15, 0.2) is 24.3 Å². The summed E-state index contributed by atoms with van der Waals surface area (Å²) in [5, 5.41) is 35.7. The van der Waals surface area contributed by atoms with Gasteiger partial charge in [-0.3, -0.25) is 19.2 Å². The van der Waals surface area contributed by atoms with Crippen LogP contribution in [0.25, 0.3) is 0 Å². The molecule has 13 nitrogen and oxygen atoms in total. The van der Waals surface area contributed by atoms with Crippen LogP contribution in [-0.2, 0) is 30.4 Å². The molecule has 0 aliphatic heterocycles. The zero-order valence-electron chi connectivity index (χ0n) is 20.4. The molecule has 10 N–H and O–H groups in total. The third-order valence-electron chi connectivity index (χ3n) is 5.61. The van der Waals surface area contributed by atoms with Crippen LogP contribution in [0.5, 0.6) is 5.75 Å². The Balaban J connectivity index is 2.95. The van der Waals surface area contributed by atoms with Crippen LogP contribution >= 0.6 is 0 Å². The lowest BCUT2D eigenvalue weighted by atomic mass is 9.98. The van der Waals surface area contributed by atoms with E-state index in [-0.39, 0.29) is 12.2 Å². The number of rotatable bonds is 14. The molecule has 1 rings (SSSR count). The highest BCUT2D eigenvalue weighted by Gasteiger charge is 2.34. The summed E-state index contributed by atoms with van der Waals surface area (Å²) in [6.07, 6.45) is -1.56. The number of phenolic OH excluding ortho intramolecular Hbond substituents is 1. The van der Waals surface area contributed by atoms with E-state index in [0.717, 1.165) is 0 Å². The van der Waals surface area contributed by atoms with Crippen LogP contribution in [-0.4, -0.2) is 75.2 Å². The van der Waals surface area contributed by atoms with Crippen molar-refractivity contribution in [2.45, 2.75) is 70.3 Å². The van der Waals surface area contributed by atoms with E-state index in [2.05, 4.69) is 16.0 Å². The number of aliphatic carboxylic acids is 1. The highest BCUT2D eigenvalue weighted by atomic mass is 16.4. The number of phenols is 1. The number of aliphatic hydroxyl groups excluding tert-OH is 1. The Morgan fingerprint density at radius 1 is 0.917 bits per heavy atom. The molecule has 0 spiro atoms. The molecule has 0 aromatic heterocycles. The fourth-order valence-corrected chi connectivity index (χ4v) is 3.25. The number of hydrogen-bond donors (Lipinski definition) is 8. The van der Waals surface area contributed by atoms with Gasteiger partial charge in [-0.1, -0.05) is 32.4 Å². The minimum Gasteiger partial charge on any atom is -0.508 e. The standard InChI is InChI=1S/C23H35N5O8/c1-4-11(2)18(23(35)36)27-21(33)16(10-17(25)31)26-22(34)19(12(3)29)28-20(32)15(24)9-13-5-7-14(30)8-6-13/h5-8,11-12,15-16,18-19,29-30H,4,9-10,24H2,1-3H3,(H2,25,31)(H,26,34)(H,27,33)(H,28,32)(H,35,36). The van der Waals surface area contributed by atoms with Crippen molar-refractivity contribution in [2.24, 2.45) is 17.4 Å². The number of primary amides is 1. The van der Waals surface area contributed by atoms with E-state index in [0.29, 0.717) is 12.0 Å². The zero-order chi connectivity index (χ0) is 27.6. The first kappa shape index (κ1) is 30.3. The smallest absolute Gasteiger partial charge is 0.326 e. The molecule has 1 aromatic carbocycles. The molecule has 0 aliphatic rings. The maximum absolute atomic E-state index is 12.8. The number of nitrogens with one attached hydrogen (secondary N) is 3. The molecule has 13 heteroatoms. The number of carboxylic acid groups (broad SMARTS) is 1. The Kier molecular flexibility index (Phi) is 11.8. The summed E-state index contributed by atoms with van der Waals surface area (Å²) in [4.78, 5) is 61.1. The van der Waals surface area contributed by atoms with Crippen molar-refractivity contribution >= 4 is 29.6 Å². The first-order valence-electron chi connectivity index (χ1n) is 11.4. The van der Waals surface area contributed by atoms with Crippen molar-refractivity contribution in [2.75, 3.05) is 0 Å². The van der Waals surface area contributed by atoms with Crippen LogP contribution in [0.2, 0.25) is 0 Å². The van der Waals surface area contributed by atoms with Gasteiger partial charge in [0.25, 0.3) is 0 Å². The topological polar surface area (TPSA) is 234 Å². The normalized spacial score (nSPS) is 15.9. The zero-order valence-corrected chi connectivity index (χ0v) is 20.4. The summed E-state index contributed by atoms with van der Waals surface area (Å²) < 4.78 is 0. The van der Waals surface area contributed by atoms with Crippen molar-refractivity contribution in [1.82, 2.24) is 16.0 Å². The minimum atomic E-state index is -1.55. The average Bonchev–Trinajstić information content (AvgIpc) is 2.80. The van der Waals surface area contributed by atoms with Crippen LogP contribution in [0.4, 0.5) is 0 Å². The van der Waals surface area contributed by atoms with Gasteiger partial charge in [0.15, 0.2) is 0 Å². The maximum Gasteiger partial charge on any atom is 0.326 e. The molecule has 1 aromatic rings. The predicted molar refractivity (Wildman–Crippen MR) is 128 cm³/mol. The number of aromatic hydroxyl groups is 1. The summed E-state index contributed by atoms with van der Waals surface area (Å²) in [6, 6.07) is 0.496. The first-order valence-corrected chi connectivity index (χ1v) is 11.4. The van der Waals surface area contributed by atoms with Crippen LogP contribution in [0.1, 0.15) is 39.2 Å². The van der Waals surface area contributed by atoms with Gasteiger partial charge in [0.1, 0.15) is 23.9 Å². The summed E-state index contributed by atoms with van der Waals surface area (Å²) in [5.41, 5.74) is 11.7. The number of carbonyl (C=O) groups is 5. The van der Waals surface area contributed by atoms with Crippen molar-refractivity contribution in [3.8, 4) is 5.75 Å². The van der Waals surface area contributed by atoms with Crippen molar-refractivity contribution < 1.29 is 39.3 Å². The second-order valence-electron chi connectivity index (χ2n) is 8.65. The lowest BCUT2D eigenvalue weighted by molar-refractivity contribution is -0.144. The number of carbonyl (C=O) groups excluding carboxylic acids is 4. The highest BCUT2D eigenvalue weighted by molar-refractivity contribution is 5.96. The maximum atomic E-state index is 12.8. The highest BCUT2D eigenvalue weighted by Crippen LogP contribution is 2.11. The van der Waals surface area contributed by atoms with E-state index in [4.69, 9.17) is 11.5 Å². The second-order valence-corrected chi connectivity index (χ2v) is 8.65. The van der Waals surface area contributed by atoms with Gasteiger partial charge in [0, 0.05) is 0 Å². The molecular formula is C23H35N5O8. The number of benzene rings is 1. The third kappa shape index (κ3) is 9.50. The van der Waals surface area contributed by atoms with Gasteiger partial charge in [-0.2, -0.15) is 0 Å². The number of amides is 4. The first-order chi connectivity index (χ1) is 16.8. The third-order valence-corrected chi connectivity index (χ3v) is 5.61. The quantitative estimate of drug-likeness (QED) is 0.140. The Morgan fingerprint density at radius 2 is 1.47 bits per heavy atom. The van der Waals surface area contributed by atoms with Gasteiger partial charge in [0.2, 0.25) is 23.6 Å². The second kappa shape index (κ2) is 14.0. The molecule has 0 saturated carbocycles. The molecule has 4 amide bonds. The predicted octanol–water partition coefficient (Wildman–Crippen LogP) is -1.90. The lowest BCUT2D eigenvalue weighted by Gasteiger charge is -2.27. The molecule has 0 aliphatic carbocycles. The van der Waals surface area contributed by atoms with Gasteiger partial charge in [-0.25, -0.2) is 4.79 Å². The Labute approximate surface area is 208 Å². The van der Waals surface area contributed by atoms with Gasteiger partial charge in [0.05, 0.1) is 18.6 Å². The fourth-order valence-electron chi connectivity index (χ4n) is 3.25. The van der Waals surface area contributed by atoms with E-state index < -0.39 is 72.2 Å². The molecule has 200 valence electrons. The SMILES string of the molecule is CCC(C)C(NC(=O)C(CC(N)=O)NC(=O)C(NC(=O)C(N)Cc1ccc(O)cc1)C(C)O)C(=O)O. The molecule has 0 radical (unpaired) electrons. The molecule has 0 saturated heterocycles. The van der Waals surface area contributed by atoms with Gasteiger partial charge in [-0.05, 0) is 37.0 Å². The molecule has 0 fully saturated rings. The molecule has 6 unspecified atom stereocenters. The van der Waals surface area contributed by atoms with E-state index in [1.807, 2.05) is 0 Å². The number of nitrogens with two attached hydrogens (primary N) is 2. The molecule has 6 atom stereocenters. The lowest BCUT2D eigenvalue weighted by Crippen LogP contribution is -2.60. The molecule has 0 heterocycles. The van der Waals surface area contributed by atoms with E-state index in [1.165, 1.54) is 19.1 Å².